The SMILES string of the molecule is Cc1ccc(NC2CC3CCC(C2)N3C)c(Br)c1. The van der Waals surface area contributed by atoms with Gasteiger partial charge in [-0.3, -0.25) is 0 Å². The first-order valence-electron chi connectivity index (χ1n) is 6.88. The molecule has 1 aromatic carbocycles. The van der Waals surface area contributed by atoms with E-state index in [1.165, 1.54) is 41.4 Å². The van der Waals surface area contributed by atoms with Crippen LogP contribution in [0.1, 0.15) is 31.2 Å². The average molecular weight is 309 g/mol. The number of piperidine rings is 1. The van der Waals surface area contributed by atoms with Crippen LogP contribution in [-0.2, 0) is 0 Å². The Morgan fingerprint density at radius 3 is 2.50 bits per heavy atom. The Balaban J connectivity index is 1.70. The van der Waals surface area contributed by atoms with Crippen molar-refractivity contribution in [3.63, 3.8) is 0 Å². The van der Waals surface area contributed by atoms with Crippen LogP contribution in [0.5, 0.6) is 0 Å². The highest BCUT2D eigenvalue weighted by molar-refractivity contribution is 9.10. The molecule has 2 saturated heterocycles. The van der Waals surface area contributed by atoms with Gasteiger partial charge in [0.2, 0.25) is 0 Å². The molecule has 98 valence electrons. The molecule has 1 N–H and O–H groups in total. The monoisotopic (exact) mass is 308 g/mol. The molecular formula is C15H21BrN2. The second kappa shape index (κ2) is 4.86. The maximum absolute atomic E-state index is 3.72. The molecule has 0 aliphatic carbocycles. The summed E-state index contributed by atoms with van der Waals surface area (Å²) < 4.78 is 1.19. The maximum atomic E-state index is 3.72. The molecular weight excluding hydrogens is 288 g/mol. The third-order valence-electron chi connectivity index (χ3n) is 4.58. The van der Waals surface area contributed by atoms with Gasteiger partial charge in [0.15, 0.2) is 0 Å². The zero-order chi connectivity index (χ0) is 12.7. The molecule has 0 spiro atoms. The van der Waals surface area contributed by atoms with Crippen LogP contribution >= 0.6 is 15.9 Å². The molecule has 2 aliphatic rings. The molecule has 3 rings (SSSR count). The van der Waals surface area contributed by atoms with Crippen molar-refractivity contribution >= 4 is 21.6 Å². The molecule has 0 radical (unpaired) electrons. The van der Waals surface area contributed by atoms with Crippen LogP contribution in [0.3, 0.4) is 0 Å². The fourth-order valence-corrected chi connectivity index (χ4v) is 4.09. The summed E-state index contributed by atoms with van der Waals surface area (Å²) in [5.74, 6) is 0. The highest BCUT2D eigenvalue weighted by Crippen LogP contribution is 2.36. The van der Waals surface area contributed by atoms with Crippen LogP contribution in [-0.4, -0.2) is 30.1 Å². The van der Waals surface area contributed by atoms with E-state index in [0.717, 1.165) is 12.1 Å². The number of nitrogens with one attached hydrogen (secondary N) is 1. The van der Waals surface area contributed by atoms with Gasteiger partial charge in [0.25, 0.3) is 0 Å². The minimum atomic E-state index is 0.637. The Morgan fingerprint density at radius 1 is 1.22 bits per heavy atom. The topological polar surface area (TPSA) is 15.3 Å². The molecule has 18 heavy (non-hydrogen) atoms. The van der Waals surface area contributed by atoms with E-state index < -0.39 is 0 Å². The maximum Gasteiger partial charge on any atom is 0.0486 e. The first-order chi connectivity index (χ1) is 8.63. The fourth-order valence-electron chi connectivity index (χ4n) is 3.49. The lowest BCUT2D eigenvalue weighted by atomic mass is 9.97. The van der Waals surface area contributed by atoms with E-state index in [-0.39, 0.29) is 0 Å². The molecule has 2 unspecified atom stereocenters. The van der Waals surface area contributed by atoms with Gasteiger partial charge in [0, 0.05) is 28.3 Å². The molecule has 2 atom stereocenters. The largest absolute Gasteiger partial charge is 0.381 e. The molecule has 2 nitrogen and oxygen atoms in total. The lowest BCUT2D eigenvalue weighted by molar-refractivity contribution is 0.169. The summed E-state index contributed by atoms with van der Waals surface area (Å²) in [6, 6.07) is 8.79. The summed E-state index contributed by atoms with van der Waals surface area (Å²) in [7, 11) is 2.29. The minimum Gasteiger partial charge on any atom is -0.381 e. The zero-order valence-corrected chi connectivity index (χ0v) is 12.7. The van der Waals surface area contributed by atoms with Gasteiger partial charge in [0.1, 0.15) is 0 Å². The summed E-state index contributed by atoms with van der Waals surface area (Å²) in [4.78, 5) is 2.59. The van der Waals surface area contributed by atoms with Crippen LogP contribution in [0.2, 0.25) is 0 Å². The standard InChI is InChI=1S/C15H21BrN2/c1-10-3-6-15(14(16)7-10)17-11-8-12-4-5-13(9-11)18(12)2/h3,6-7,11-13,17H,4-5,8-9H2,1-2H3. The number of halogens is 1. The van der Waals surface area contributed by atoms with Gasteiger partial charge in [-0.25, -0.2) is 0 Å². The van der Waals surface area contributed by atoms with Gasteiger partial charge in [-0.2, -0.15) is 0 Å². The number of benzene rings is 1. The number of rotatable bonds is 2. The van der Waals surface area contributed by atoms with Crippen molar-refractivity contribution in [2.75, 3.05) is 12.4 Å². The molecule has 1 aromatic rings. The van der Waals surface area contributed by atoms with Crippen molar-refractivity contribution in [1.82, 2.24) is 4.90 Å². The second-order valence-electron chi connectivity index (χ2n) is 5.85. The summed E-state index contributed by atoms with van der Waals surface area (Å²) >= 11 is 3.66. The molecule has 0 saturated carbocycles. The zero-order valence-electron chi connectivity index (χ0n) is 11.1. The Morgan fingerprint density at radius 2 is 1.89 bits per heavy atom. The third-order valence-corrected chi connectivity index (χ3v) is 5.24. The van der Waals surface area contributed by atoms with Gasteiger partial charge in [-0.05, 0) is 73.3 Å². The summed E-state index contributed by atoms with van der Waals surface area (Å²) in [6.45, 7) is 2.13. The van der Waals surface area contributed by atoms with Gasteiger partial charge in [-0.15, -0.1) is 0 Å². The van der Waals surface area contributed by atoms with Crippen LogP contribution < -0.4 is 5.32 Å². The molecule has 2 bridgehead atoms. The van der Waals surface area contributed by atoms with Crippen molar-refractivity contribution in [1.29, 1.82) is 0 Å². The number of nitrogens with zero attached hydrogens (tertiary/aromatic N) is 1. The first kappa shape index (κ1) is 12.5. The van der Waals surface area contributed by atoms with Crippen molar-refractivity contribution in [2.45, 2.75) is 50.7 Å². The van der Waals surface area contributed by atoms with Gasteiger partial charge in [-0.1, -0.05) is 6.07 Å². The highest BCUT2D eigenvalue weighted by Gasteiger charge is 2.38. The fraction of sp³-hybridized carbons (Fsp3) is 0.600. The summed E-state index contributed by atoms with van der Waals surface area (Å²) in [5.41, 5.74) is 2.55. The number of hydrogen-bond donors (Lipinski definition) is 1. The molecule has 2 aliphatic heterocycles. The number of aryl methyl sites for hydroxylation is 1. The van der Waals surface area contributed by atoms with Gasteiger partial charge in [0.05, 0.1) is 0 Å². The van der Waals surface area contributed by atoms with E-state index >= 15 is 0 Å². The summed E-state index contributed by atoms with van der Waals surface area (Å²) in [5, 5.41) is 3.72. The second-order valence-corrected chi connectivity index (χ2v) is 6.70. The van der Waals surface area contributed by atoms with E-state index in [2.05, 4.69) is 58.3 Å². The van der Waals surface area contributed by atoms with Crippen molar-refractivity contribution in [3.8, 4) is 0 Å². The molecule has 0 aromatic heterocycles. The molecule has 2 heterocycles. The van der Waals surface area contributed by atoms with Gasteiger partial charge >= 0.3 is 0 Å². The van der Waals surface area contributed by atoms with E-state index in [1.54, 1.807) is 0 Å². The molecule has 2 fully saturated rings. The minimum absolute atomic E-state index is 0.637. The van der Waals surface area contributed by atoms with Gasteiger partial charge < -0.3 is 10.2 Å². The van der Waals surface area contributed by atoms with E-state index in [4.69, 9.17) is 0 Å². The highest BCUT2D eigenvalue weighted by atomic mass is 79.9. The predicted molar refractivity (Wildman–Crippen MR) is 80.1 cm³/mol. The predicted octanol–water partition coefficient (Wildman–Crippen LogP) is 3.79. The Hall–Kier alpha value is -0.540. The first-order valence-corrected chi connectivity index (χ1v) is 7.67. The Kier molecular flexibility index (Phi) is 3.37. The Bertz CT molecular complexity index is 432. The average Bonchev–Trinajstić information content (AvgIpc) is 2.57. The van der Waals surface area contributed by atoms with E-state index in [0.29, 0.717) is 6.04 Å². The van der Waals surface area contributed by atoms with Crippen molar-refractivity contribution in [2.24, 2.45) is 0 Å². The molecule has 0 amide bonds. The number of fused-ring (bicyclic) bond motifs is 2. The Labute approximate surface area is 118 Å². The smallest absolute Gasteiger partial charge is 0.0486 e. The van der Waals surface area contributed by atoms with Crippen LogP contribution in [0.4, 0.5) is 5.69 Å². The van der Waals surface area contributed by atoms with Crippen LogP contribution in [0, 0.1) is 6.92 Å². The van der Waals surface area contributed by atoms with Crippen molar-refractivity contribution < 1.29 is 0 Å². The quantitative estimate of drug-likeness (QED) is 0.894. The van der Waals surface area contributed by atoms with Crippen LogP contribution in [0.15, 0.2) is 22.7 Å². The molecule has 3 heteroatoms. The number of anilines is 1. The van der Waals surface area contributed by atoms with E-state index in [9.17, 15) is 0 Å². The number of hydrogen-bond acceptors (Lipinski definition) is 2. The lowest BCUT2D eigenvalue weighted by Gasteiger charge is -2.37. The summed E-state index contributed by atoms with van der Waals surface area (Å²) in [6.07, 6.45) is 5.34. The van der Waals surface area contributed by atoms with Crippen LogP contribution in [0.25, 0.3) is 0 Å². The van der Waals surface area contributed by atoms with Crippen molar-refractivity contribution in [3.05, 3.63) is 28.2 Å². The normalized spacial score (nSPS) is 31.6. The lowest BCUT2D eigenvalue weighted by Crippen LogP contribution is -2.44. The third kappa shape index (κ3) is 2.30. The van der Waals surface area contributed by atoms with E-state index in [1.807, 2.05) is 0 Å².